The lowest BCUT2D eigenvalue weighted by molar-refractivity contribution is 0.543. The summed E-state index contributed by atoms with van der Waals surface area (Å²) in [5.74, 6) is 0.0628. The molecule has 0 N–H and O–H groups in total. The van der Waals surface area contributed by atoms with Gasteiger partial charge in [0.1, 0.15) is 0 Å². The minimum absolute atomic E-state index is 0.0167. The monoisotopic (exact) mass is 252 g/mol. The van der Waals surface area contributed by atoms with Gasteiger partial charge in [0.25, 0.3) is 0 Å². The smallest absolute Gasteiger partial charge is 0.181 e. The van der Waals surface area contributed by atoms with Crippen LogP contribution in [0.15, 0.2) is 41.3 Å². The van der Waals surface area contributed by atoms with Crippen molar-refractivity contribution in [2.24, 2.45) is 5.41 Å². The van der Waals surface area contributed by atoms with E-state index in [-0.39, 0.29) is 11.2 Å². The van der Waals surface area contributed by atoms with Gasteiger partial charge in [-0.3, -0.25) is 0 Å². The first-order chi connectivity index (χ1) is 7.71. The van der Waals surface area contributed by atoms with E-state index >= 15 is 0 Å². The summed E-state index contributed by atoms with van der Waals surface area (Å²) in [6, 6.07) is 6.96. The van der Waals surface area contributed by atoms with Gasteiger partial charge in [0.15, 0.2) is 9.84 Å². The standard InChI is InChI=1S/C14H20O2S/c1-12-6-8-13(9-7-12)17(15,16)11-5-10-14(2,3)4/h5-10H,11H2,1-4H3/b10-5+. The van der Waals surface area contributed by atoms with E-state index < -0.39 is 9.84 Å². The molecule has 1 aromatic rings. The van der Waals surface area contributed by atoms with Crippen molar-refractivity contribution in [3.63, 3.8) is 0 Å². The summed E-state index contributed by atoms with van der Waals surface area (Å²) in [7, 11) is -3.19. The average molecular weight is 252 g/mol. The molecule has 0 saturated carbocycles. The zero-order valence-corrected chi connectivity index (χ0v) is 11.7. The summed E-state index contributed by atoms with van der Waals surface area (Å²) in [5.41, 5.74) is 1.08. The first kappa shape index (κ1) is 14.0. The van der Waals surface area contributed by atoms with Crippen LogP contribution in [-0.4, -0.2) is 14.2 Å². The van der Waals surface area contributed by atoms with E-state index in [9.17, 15) is 8.42 Å². The predicted molar refractivity (Wildman–Crippen MR) is 71.8 cm³/mol. The molecule has 0 aliphatic heterocycles. The molecule has 0 amide bonds. The van der Waals surface area contributed by atoms with E-state index in [1.54, 1.807) is 18.2 Å². The fourth-order valence-corrected chi connectivity index (χ4v) is 2.46. The van der Waals surface area contributed by atoms with Gasteiger partial charge < -0.3 is 0 Å². The third kappa shape index (κ3) is 4.73. The number of sulfone groups is 1. The van der Waals surface area contributed by atoms with Gasteiger partial charge in [-0.25, -0.2) is 8.42 Å². The van der Waals surface area contributed by atoms with Crippen molar-refractivity contribution in [1.29, 1.82) is 0 Å². The Morgan fingerprint density at radius 2 is 1.65 bits per heavy atom. The Hall–Kier alpha value is -1.09. The van der Waals surface area contributed by atoms with Crippen LogP contribution in [0.3, 0.4) is 0 Å². The second kappa shape index (κ2) is 5.05. The Labute approximate surface area is 104 Å². The molecule has 0 atom stereocenters. The maximum Gasteiger partial charge on any atom is 0.181 e. The van der Waals surface area contributed by atoms with Crippen LogP contribution in [0, 0.1) is 12.3 Å². The molecule has 3 heteroatoms. The van der Waals surface area contributed by atoms with Crippen molar-refractivity contribution in [3.05, 3.63) is 42.0 Å². The molecule has 1 rings (SSSR count). The summed E-state index contributed by atoms with van der Waals surface area (Å²) >= 11 is 0. The normalized spacial score (nSPS) is 13.2. The number of hydrogen-bond acceptors (Lipinski definition) is 2. The van der Waals surface area contributed by atoms with E-state index in [2.05, 4.69) is 0 Å². The fourth-order valence-electron chi connectivity index (χ4n) is 1.37. The second-order valence-electron chi connectivity index (χ2n) is 5.36. The molecule has 0 heterocycles. The minimum atomic E-state index is -3.19. The zero-order chi connectivity index (χ0) is 13.1. The van der Waals surface area contributed by atoms with Gasteiger partial charge in [-0.2, -0.15) is 0 Å². The molecule has 0 fully saturated rings. The van der Waals surface area contributed by atoms with E-state index in [0.29, 0.717) is 4.90 Å². The predicted octanol–water partition coefficient (Wildman–Crippen LogP) is 3.37. The lowest BCUT2D eigenvalue weighted by atomic mass is 9.97. The molecule has 0 aromatic heterocycles. The maximum absolute atomic E-state index is 12.0. The third-order valence-electron chi connectivity index (χ3n) is 2.31. The molecule has 0 aliphatic carbocycles. The number of aryl methyl sites for hydroxylation is 1. The number of hydrogen-bond donors (Lipinski definition) is 0. The van der Waals surface area contributed by atoms with Gasteiger partial charge in [-0.05, 0) is 24.5 Å². The number of allylic oxidation sites excluding steroid dienone is 1. The van der Waals surface area contributed by atoms with Gasteiger partial charge in [0.05, 0.1) is 10.6 Å². The first-order valence-electron chi connectivity index (χ1n) is 5.68. The van der Waals surface area contributed by atoms with Crippen LogP contribution in [-0.2, 0) is 9.84 Å². The third-order valence-corrected chi connectivity index (χ3v) is 3.94. The Morgan fingerprint density at radius 1 is 1.12 bits per heavy atom. The average Bonchev–Trinajstić information content (AvgIpc) is 2.15. The van der Waals surface area contributed by atoms with Crippen LogP contribution in [0.4, 0.5) is 0 Å². The Balaban J connectivity index is 2.83. The van der Waals surface area contributed by atoms with E-state index in [1.807, 2.05) is 45.9 Å². The first-order valence-corrected chi connectivity index (χ1v) is 7.33. The van der Waals surface area contributed by atoms with Crippen molar-refractivity contribution in [1.82, 2.24) is 0 Å². The van der Waals surface area contributed by atoms with Gasteiger partial charge >= 0.3 is 0 Å². The minimum Gasteiger partial charge on any atom is -0.223 e. The molecule has 94 valence electrons. The van der Waals surface area contributed by atoms with Crippen molar-refractivity contribution < 1.29 is 8.42 Å². The quantitative estimate of drug-likeness (QED) is 0.773. The van der Waals surface area contributed by atoms with Crippen molar-refractivity contribution in [3.8, 4) is 0 Å². The molecule has 17 heavy (non-hydrogen) atoms. The van der Waals surface area contributed by atoms with Crippen molar-refractivity contribution >= 4 is 9.84 Å². The van der Waals surface area contributed by atoms with Crippen LogP contribution in [0.1, 0.15) is 26.3 Å². The Bertz CT molecular complexity index is 488. The van der Waals surface area contributed by atoms with Crippen LogP contribution >= 0.6 is 0 Å². The molecular weight excluding hydrogens is 232 g/mol. The van der Waals surface area contributed by atoms with Gasteiger partial charge in [-0.1, -0.05) is 50.6 Å². The summed E-state index contributed by atoms with van der Waals surface area (Å²) in [4.78, 5) is 0.390. The highest BCUT2D eigenvalue weighted by atomic mass is 32.2. The zero-order valence-electron chi connectivity index (χ0n) is 10.9. The summed E-state index contributed by atoms with van der Waals surface area (Å²) in [6.07, 6.45) is 3.66. The van der Waals surface area contributed by atoms with Crippen LogP contribution in [0.5, 0.6) is 0 Å². The molecule has 0 bridgehead atoms. The summed E-state index contributed by atoms with van der Waals surface area (Å²) in [6.45, 7) is 8.07. The number of benzene rings is 1. The Morgan fingerprint density at radius 3 is 2.12 bits per heavy atom. The molecule has 0 aliphatic rings. The van der Waals surface area contributed by atoms with Gasteiger partial charge in [-0.15, -0.1) is 0 Å². The fraction of sp³-hybridized carbons (Fsp3) is 0.429. The van der Waals surface area contributed by atoms with Crippen molar-refractivity contribution in [2.75, 3.05) is 5.75 Å². The molecule has 0 radical (unpaired) electrons. The highest BCUT2D eigenvalue weighted by Gasteiger charge is 2.12. The van der Waals surface area contributed by atoms with Crippen LogP contribution in [0.2, 0.25) is 0 Å². The number of rotatable bonds is 3. The largest absolute Gasteiger partial charge is 0.223 e. The second-order valence-corrected chi connectivity index (χ2v) is 7.40. The molecule has 2 nitrogen and oxygen atoms in total. The van der Waals surface area contributed by atoms with Crippen molar-refractivity contribution in [2.45, 2.75) is 32.6 Å². The van der Waals surface area contributed by atoms with E-state index in [0.717, 1.165) is 5.56 Å². The van der Waals surface area contributed by atoms with E-state index in [1.165, 1.54) is 0 Å². The molecule has 0 saturated heterocycles. The molecule has 0 spiro atoms. The SMILES string of the molecule is Cc1ccc(S(=O)(=O)C/C=C/C(C)(C)C)cc1. The topological polar surface area (TPSA) is 34.1 Å². The van der Waals surface area contributed by atoms with Gasteiger partial charge in [0, 0.05) is 0 Å². The summed E-state index contributed by atoms with van der Waals surface area (Å²) in [5, 5.41) is 0. The van der Waals surface area contributed by atoms with E-state index in [4.69, 9.17) is 0 Å². The molecular formula is C14H20O2S. The lowest BCUT2D eigenvalue weighted by Gasteiger charge is -2.11. The maximum atomic E-state index is 12.0. The lowest BCUT2D eigenvalue weighted by Crippen LogP contribution is -2.06. The van der Waals surface area contributed by atoms with Crippen LogP contribution < -0.4 is 0 Å². The van der Waals surface area contributed by atoms with Crippen LogP contribution in [0.25, 0.3) is 0 Å². The highest BCUT2D eigenvalue weighted by molar-refractivity contribution is 7.91. The van der Waals surface area contributed by atoms with Gasteiger partial charge in [0.2, 0.25) is 0 Å². The Kier molecular flexibility index (Phi) is 4.15. The molecule has 1 aromatic carbocycles. The highest BCUT2D eigenvalue weighted by Crippen LogP contribution is 2.16. The molecule has 0 unspecified atom stereocenters. The summed E-state index contributed by atoms with van der Waals surface area (Å²) < 4.78 is 24.0.